The summed E-state index contributed by atoms with van der Waals surface area (Å²) in [4.78, 5) is 5.77. The number of thiazole rings is 1. The van der Waals surface area contributed by atoms with Crippen molar-refractivity contribution in [3.05, 3.63) is 44.3 Å². The molecule has 0 atom stereocenters. The third kappa shape index (κ3) is 3.80. The predicted octanol–water partition coefficient (Wildman–Crippen LogP) is 5.12. The summed E-state index contributed by atoms with van der Waals surface area (Å²) >= 11 is 5.35. The largest absolute Gasteiger partial charge is 0.379 e. The van der Waals surface area contributed by atoms with Crippen molar-refractivity contribution in [1.29, 1.82) is 0 Å². The lowest BCUT2D eigenvalue weighted by Gasteiger charge is -2.13. The lowest BCUT2D eigenvalue weighted by molar-refractivity contribution is 0.585. The van der Waals surface area contributed by atoms with E-state index in [1.165, 1.54) is 15.4 Å². The molecule has 0 fully saturated rings. The fraction of sp³-hybridized carbons (Fsp3) is 0.400. The molecule has 0 aliphatic heterocycles. The molecule has 0 saturated carbocycles. The van der Waals surface area contributed by atoms with Gasteiger partial charge in [-0.1, -0.05) is 26.8 Å². The molecular weight excluding hydrogens is 320 g/mol. The second-order valence-corrected chi connectivity index (χ2v) is 7.69. The summed E-state index contributed by atoms with van der Waals surface area (Å²) < 4.78 is 1.10. The van der Waals surface area contributed by atoms with Gasteiger partial charge >= 0.3 is 0 Å². The SMILES string of the molecule is Cc1ccc(Br)c(NCc2cnc(C(C)(C)C)s2)c1. The van der Waals surface area contributed by atoms with Crippen LogP contribution in [-0.2, 0) is 12.0 Å². The summed E-state index contributed by atoms with van der Waals surface area (Å²) in [6.07, 6.45) is 1.97. The van der Waals surface area contributed by atoms with E-state index in [1.54, 1.807) is 11.3 Å². The third-order valence-corrected chi connectivity index (χ3v) is 4.88. The van der Waals surface area contributed by atoms with Crippen LogP contribution in [-0.4, -0.2) is 4.98 Å². The van der Waals surface area contributed by atoms with Gasteiger partial charge in [0.2, 0.25) is 0 Å². The van der Waals surface area contributed by atoms with Crippen LogP contribution in [0.3, 0.4) is 0 Å². The molecule has 2 rings (SSSR count). The molecule has 2 nitrogen and oxygen atoms in total. The average molecular weight is 339 g/mol. The van der Waals surface area contributed by atoms with E-state index in [1.807, 2.05) is 6.20 Å². The van der Waals surface area contributed by atoms with Gasteiger partial charge in [-0.25, -0.2) is 4.98 Å². The van der Waals surface area contributed by atoms with Gasteiger partial charge in [-0.15, -0.1) is 11.3 Å². The Morgan fingerprint density at radius 3 is 2.68 bits per heavy atom. The summed E-state index contributed by atoms with van der Waals surface area (Å²) in [7, 11) is 0. The number of benzene rings is 1. The molecule has 4 heteroatoms. The first kappa shape index (κ1) is 14.5. The molecule has 0 amide bonds. The molecule has 0 radical (unpaired) electrons. The van der Waals surface area contributed by atoms with E-state index in [0.29, 0.717) is 0 Å². The van der Waals surface area contributed by atoms with Gasteiger partial charge in [0.05, 0.1) is 11.6 Å². The van der Waals surface area contributed by atoms with Crippen LogP contribution in [0, 0.1) is 6.92 Å². The van der Waals surface area contributed by atoms with Crippen molar-refractivity contribution < 1.29 is 0 Å². The van der Waals surface area contributed by atoms with Crippen molar-refractivity contribution in [3.8, 4) is 0 Å². The summed E-state index contributed by atoms with van der Waals surface area (Å²) in [6.45, 7) is 9.50. The van der Waals surface area contributed by atoms with Gasteiger partial charge in [0.1, 0.15) is 0 Å². The van der Waals surface area contributed by atoms with Crippen LogP contribution in [0.1, 0.15) is 36.2 Å². The van der Waals surface area contributed by atoms with E-state index >= 15 is 0 Å². The van der Waals surface area contributed by atoms with Gasteiger partial charge in [-0.05, 0) is 40.5 Å². The van der Waals surface area contributed by atoms with Gasteiger partial charge < -0.3 is 5.32 Å². The maximum absolute atomic E-state index is 4.51. The molecule has 0 aliphatic rings. The minimum atomic E-state index is 0.132. The fourth-order valence-electron chi connectivity index (χ4n) is 1.69. The minimum absolute atomic E-state index is 0.132. The fourth-order valence-corrected chi connectivity index (χ4v) is 2.99. The summed E-state index contributed by atoms with van der Waals surface area (Å²) in [5.41, 5.74) is 2.52. The number of aromatic nitrogens is 1. The Kier molecular flexibility index (Phi) is 4.31. The lowest BCUT2D eigenvalue weighted by Crippen LogP contribution is -2.09. The van der Waals surface area contributed by atoms with Crippen LogP contribution < -0.4 is 5.32 Å². The van der Waals surface area contributed by atoms with Gasteiger partial charge in [0.25, 0.3) is 0 Å². The Labute approximate surface area is 127 Å². The van der Waals surface area contributed by atoms with Crippen molar-refractivity contribution >= 4 is 33.0 Å². The number of rotatable bonds is 3. The van der Waals surface area contributed by atoms with E-state index < -0.39 is 0 Å². The lowest BCUT2D eigenvalue weighted by atomic mass is 9.98. The standard InChI is InChI=1S/C15H19BrN2S/c1-10-5-6-12(16)13(7-10)17-8-11-9-18-14(19-11)15(2,3)4/h5-7,9,17H,8H2,1-4H3. The molecule has 2 aromatic rings. The number of hydrogen-bond acceptors (Lipinski definition) is 3. The van der Waals surface area contributed by atoms with Crippen molar-refractivity contribution in [2.24, 2.45) is 0 Å². The average Bonchev–Trinajstić information content (AvgIpc) is 2.79. The molecule has 1 aromatic heterocycles. The normalized spacial score (nSPS) is 11.6. The molecule has 1 aromatic carbocycles. The van der Waals surface area contributed by atoms with Crippen LogP contribution in [0.15, 0.2) is 28.9 Å². The first-order valence-corrected chi connectivity index (χ1v) is 7.92. The summed E-state index contributed by atoms with van der Waals surface area (Å²) in [6, 6.07) is 6.32. The minimum Gasteiger partial charge on any atom is -0.379 e. The Morgan fingerprint density at radius 1 is 1.32 bits per heavy atom. The van der Waals surface area contributed by atoms with Crippen molar-refractivity contribution in [2.45, 2.75) is 39.7 Å². The first-order valence-electron chi connectivity index (χ1n) is 6.31. The Bertz CT molecular complexity index is 570. The van der Waals surface area contributed by atoms with E-state index in [9.17, 15) is 0 Å². The van der Waals surface area contributed by atoms with Crippen LogP contribution in [0.25, 0.3) is 0 Å². The second kappa shape index (κ2) is 5.63. The highest BCUT2D eigenvalue weighted by Crippen LogP contribution is 2.28. The third-order valence-electron chi connectivity index (χ3n) is 2.77. The smallest absolute Gasteiger partial charge is 0.0981 e. The van der Waals surface area contributed by atoms with Crippen molar-refractivity contribution in [2.75, 3.05) is 5.32 Å². The Balaban J connectivity index is 2.06. The maximum atomic E-state index is 4.51. The zero-order valence-corrected chi connectivity index (χ0v) is 14.2. The number of aryl methyl sites for hydroxylation is 1. The molecule has 0 bridgehead atoms. The zero-order chi connectivity index (χ0) is 14.0. The number of hydrogen-bond donors (Lipinski definition) is 1. The predicted molar refractivity (Wildman–Crippen MR) is 87.0 cm³/mol. The Morgan fingerprint density at radius 2 is 2.05 bits per heavy atom. The van der Waals surface area contributed by atoms with E-state index in [2.05, 4.69) is 72.1 Å². The molecule has 102 valence electrons. The van der Waals surface area contributed by atoms with Crippen LogP contribution in [0.4, 0.5) is 5.69 Å². The van der Waals surface area contributed by atoms with Crippen LogP contribution >= 0.6 is 27.3 Å². The maximum Gasteiger partial charge on any atom is 0.0981 e. The summed E-state index contributed by atoms with van der Waals surface area (Å²) in [5, 5.41) is 4.65. The van der Waals surface area contributed by atoms with Gasteiger partial charge in [0, 0.05) is 26.6 Å². The molecule has 0 spiro atoms. The van der Waals surface area contributed by atoms with E-state index in [0.717, 1.165) is 16.7 Å². The Hall–Kier alpha value is -0.870. The van der Waals surface area contributed by atoms with E-state index in [-0.39, 0.29) is 5.41 Å². The quantitative estimate of drug-likeness (QED) is 0.839. The van der Waals surface area contributed by atoms with Gasteiger partial charge in [-0.2, -0.15) is 0 Å². The molecule has 0 saturated heterocycles. The highest BCUT2D eigenvalue weighted by atomic mass is 79.9. The highest BCUT2D eigenvalue weighted by Gasteiger charge is 2.17. The second-order valence-electron chi connectivity index (χ2n) is 5.72. The van der Waals surface area contributed by atoms with Crippen molar-refractivity contribution in [3.63, 3.8) is 0 Å². The van der Waals surface area contributed by atoms with E-state index in [4.69, 9.17) is 0 Å². The monoisotopic (exact) mass is 338 g/mol. The topological polar surface area (TPSA) is 24.9 Å². The molecule has 1 heterocycles. The molecular formula is C15H19BrN2S. The van der Waals surface area contributed by atoms with Crippen LogP contribution in [0.2, 0.25) is 0 Å². The highest BCUT2D eigenvalue weighted by molar-refractivity contribution is 9.10. The molecule has 0 unspecified atom stereocenters. The molecule has 1 N–H and O–H groups in total. The molecule has 19 heavy (non-hydrogen) atoms. The number of nitrogens with zero attached hydrogens (tertiary/aromatic N) is 1. The van der Waals surface area contributed by atoms with Gasteiger partial charge in [0.15, 0.2) is 0 Å². The summed E-state index contributed by atoms with van der Waals surface area (Å²) in [5.74, 6) is 0. The van der Waals surface area contributed by atoms with Gasteiger partial charge in [-0.3, -0.25) is 0 Å². The van der Waals surface area contributed by atoms with Crippen LogP contribution in [0.5, 0.6) is 0 Å². The number of halogens is 1. The first-order chi connectivity index (χ1) is 8.86. The molecule has 0 aliphatic carbocycles. The number of anilines is 1. The van der Waals surface area contributed by atoms with Crippen molar-refractivity contribution in [1.82, 2.24) is 4.98 Å². The zero-order valence-electron chi connectivity index (χ0n) is 11.7. The number of nitrogens with one attached hydrogen (secondary N) is 1.